The van der Waals surface area contributed by atoms with Crippen molar-refractivity contribution in [2.75, 3.05) is 5.32 Å². The zero-order chi connectivity index (χ0) is 15.8. The van der Waals surface area contributed by atoms with E-state index in [0.717, 1.165) is 28.4 Å². The molecule has 0 saturated carbocycles. The van der Waals surface area contributed by atoms with E-state index in [0.29, 0.717) is 16.7 Å². The van der Waals surface area contributed by atoms with E-state index in [1.165, 1.54) is 22.6 Å². The Morgan fingerprint density at radius 3 is 3.09 bits per heavy atom. The number of thiophene rings is 1. The van der Waals surface area contributed by atoms with E-state index >= 15 is 0 Å². The van der Waals surface area contributed by atoms with Gasteiger partial charge < -0.3 is 0 Å². The molecular weight excluding hydrogens is 346 g/mol. The lowest BCUT2D eigenvalue weighted by Gasteiger charge is -2.15. The van der Waals surface area contributed by atoms with Crippen molar-refractivity contribution in [3.63, 3.8) is 0 Å². The van der Waals surface area contributed by atoms with E-state index in [1.54, 1.807) is 28.1 Å². The quantitative estimate of drug-likeness (QED) is 0.735. The predicted molar refractivity (Wildman–Crippen MR) is 96.7 cm³/mol. The van der Waals surface area contributed by atoms with E-state index in [-0.39, 0.29) is 5.91 Å². The molecule has 0 aliphatic heterocycles. The molecule has 4 nitrogen and oxygen atoms in total. The van der Waals surface area contributed by atoms with Crippen LogP contribution in [0.15, 0.2) is 22.9 Å². The minimum atomic E-state index is -0.178. The van der Waals surface area contributed by atoms with Crippen LogP contribution >= 0.6 is 34.0 Å². The maximum absolute atomic E-state index is 12.4. The van der Waals surface area contributed by atoms with Crippen LogP contribution in [0, 0.1) is 5.92 Å². The van der Waals surface area contributed by atoms with Crippen molar-refractivity contribution in [3.8, 4) is 9.88 Å². The summed E-state index contributed by atoms with van der Waals surface area (Å²) < 4.78 is 0. The summed E-state index contributed by atoms with van der Waals surface area (Å²) in [4.78, 5) is 23.8. The molecule has 23 heavy (non-hydrogen) atoms. The fourth-order valence-corrected chi connectivity index (χ4v) is 5.43. The van der Waals surface area contributed by atoms with Crippen molar-refractivity contribution in [2.45, 2.75) is 26.2 Å². The maximum Gasteiger partial charge on any atom is 0.276 e. The number of carbonyl (C=O) groups excluding carboxylic acids is 1. The molecule has 0 fully saturated rings. The minimum absolute atomic E-state index is 0.178. The Bertz CT molecular complexity index is 835. The van der Waals surface area contributed by atoms with Gasteiger partial charge >= 0.3 is 0 Å². The fourth-order valence-electron chi connectivity index (χ4n) is 2.65. The number of hydrogen-bond donors (Lipinski definition) is 1. The Labute approximate surface area is 146 Å². The van der Waals surface area contributed by atoms with Crippen LogP contribution in [0.4, 0.5) is 5.13 Å². The molecule has 4 rings (SSSR count). The van der Waals surface area contributed by atoms with Crippen molar-refractivity contribution in [1.29, 1.82) is 0 Å². The number of fused-ring (bicyclic) bond motifs is 1. The van der Waals surface area contributed by atoms with Gasteiger partial charge in [0.15, 0.2) is 5.13 Å². The van der Waals surface area contributed by atoms with Gasteiger partial charge in [-0.15, -0.1) is 34.0 Å². The van der Waals surface area contributed by atoms with Crippen molar-refractivity contribution >= 4 is 45.0 Å². The lowest BCUT2D eigenvalue weighted by Crippen LogP contribution is -2.12. The van der Waals surface area contributed by atoms with Gasteiger partial charge in [-0.2, -0.15) is 0 Å². The average Bonchev–Trinajstić information content (AvgIpc) is 3.26. The van der Waals surface area contributed by atoms with Crippen LogP contribution in [0.25, 0.3) is 9.88 Å². The molecule has 0 bridgehead atoms. The Morgan fingerprint density at radius 2 is 2.26 bits per heavy atom. The summed E-state index contributed by atoms with van der Waals surface area (Å²) in [5.74, 6) is 0.529. The van der Waals surface area contributed by atoms with Crippen molar-refractivity contribution in [2.24, 2.45) is 5.92 Å². The summed E-state index contributed by atoms with van der Waals surface area (Å²) in [6, 6.07) is 4.00. The first kappa shape index (κ1) is 15.0. The standard InChI is InChI=1S/C16H15N3OS3/c1-9-4-5-10-13(7-9)23-16(18-10)19-14(20)11-8-22-15(17-11)12-3-2-6-21-12/h2-3,6,8-9H,4-5,7H2,1H3,(H,18,19,20). The van der Waals surface area contributed by atoms with Crippen LogP contribution in [0.2, 0.25) is 0 Å². The molecule has 1 atom stereocenters. The highest BCUT2D eigenvalue weighted by atomic mass is 32.1. The molecular formula is C16H15N3OS3. The highest BCUT2D eigenvalue weighted by Crippen LogP contribution is 2.32. The van der Waals surface area contributed by atoms with Gasteiger partial charge in [-0.3, -0.25) is 10.1 Å². The second-order valence-electron chi connectivity index (χ2n) is 5.71. The van der Waals surface area contributed by atoms with Gasteiger partial charge in [-0.05, 0) is 36.6 Å². The van der Waals surface area contributed by atoms with Gasteiger partial charge in [0.25, 0.3) is 5.91 Å². The first-order valence-electron chi connectivity index (χ1n) is 7.48. The van der Waals surface area contributed by atoms with Gasteiger partial charge in [0.1, 0.15) is 10.7 Å². The third-order valence-corrected chi connectivity index (χ3v) is 6.79. The zero-order valence-electron chi connectivity index (χ0n) is 12.5. The van der Waals surface area contributed by atoms with Gasteiger partial charge in [0, 0.05) is 10.3 Å². The summed E-state index contributed by atoms with van der Waals surface area (Å²) in [7, 11) is 0. The number of amides is 1. The summed E-state index contributed by atoms with van der Waals surface area (Å²) in [5.41, 5.74) is 1.61. The number of aromatic nitrogens is 2. The third-order valence-electron chi connectivity index (χ3n) is 3.88. The molecule has 1 N–H and O–H groups in total. The predicted octanol–water partition coefficient (Wildman–Crippen LogP) is 4.71. The number of rotatable bonds is 3. The third kappa shape index (κ3) is 3.08. The summed E-state index contributed by atoms with van der Waals surface area (Å²) in [6.07, 6.45) is 3.27. The Morgan fingerprint density at radius 1 is 1.35 bits per heavy atom. The summed E-state index contributed by atoms with van der Waals surface area (Å²) in [6.45, 7) is 2.27. The first-order chi connectivity index (χ1) is 11.2. The Hall–Kier alpha value is -1.57. The van der Waals surface area contributed by atoms with Crippen LogP contribution in [-0.4, -0.2) is 15.9 Å². The second-order valence-corrected chi connectivity index (χ2v) is 8.60. The van der Waals surface area contributed by atoms with E-state index in [4.69, 9.17) is 0 Å². The van der Waals surface area contributed by atoms with Crippen LogP contribution in [0.3, 0.4) is 0 Å². The molecule has 1 aliphatic carbocycles. The fraction of sp³-hybridized carbons (Fsp3) is 0.312. The molecule has 3 aromatic heterocycles. The van der Waals surface area contributed by atoms with E-state index < -0.39 is 0 Å². The number of anilines is 1. The topological polar surface area (TPSA) is 54.9 Å². The van der Waals surface area contributed by atoms with Crippen LogP contribution in [0.1, 0.15) is 34.4 Å². The van der Waals surface area contributed by atoms with Crippen LogP contribution in [0.5, 0.6) is 0 Å². The molecule has 1 unspecified atom stereocenters. The molecule has 118 valence electrons. The normalized spacial score (nSPS) is 17.0. The molecule has 1 amide bonds. The number of hydrogen-bond acceptors (Lipinski definition) is 6. The number of nitrogens with zero attached hydrogens (tertiary/aromatic N) is 2. The smallest absolute Gasteiger partial charge is 0.276 e. The van der Waals surface area contributed by atoms with Gasteiger partial charge in [-0.25, -0.2) is 9.97 Å². The maximum atomic E-state index is 12.4. The highest BCUT2D eigenvalue weighted by Gasteiger charge is 2.21. The van der Waals surface area contributed by atoms with Gasteiger partial charge in [-0.1, -0.05) is 13.0 Å². The monoisotopic (exact) mass is 361 g/mol. The van der Waals surface area contributed by atoms with Crippen molar-refractivity contribution in [1.82, 2.24) is 9.97 Å². The number of thiazole rings is 2. The molecule has 0 aromatic carbocycles. The number of aryl methyl sites for hydroxylation is 1. The minimum Gasteiger partial charge on any atom is -0.296 e. The average molecular weight is 362 g/mol. The highest BCUT2D eigenvalue weighted by molar-refractivity contribution is 7.20. The largest absolute Gasteiger partial charge is 0.296 e. The number of carbonyl (C=O) groups is 1. The lowest BCUT2D eigenvalue weighted by atomic mass is 9.93. The van der Waals surface area contributed by atoms with Crippen LogP contribution in [-0.2, 0) is 12.8 Å². The van der Waals surface area contributed by atoms with Crippen LogP contribution < -0.4 is 5.32 Å². The van der Waals surface area contributed by atoms with Gasteiger partial charge in [0.2, 0.25) is 0 Å². The zero-order valence-corrected chi connectivity index (χ0v) is 15.0. The molecule has 0 spiro atoms. The van der Waals surface area contributed by atoms with E-state index in [9.17, 15) is 4.79 Å². The second kappa shape index (κ2) is 6.14. The summed E-state index contributed by atoms with van der Waals surface area (Å²) >= 11 is 4.73. The van der Waals surface area contributed by atoms with E-state index in [1.807, 2.05) is 17.5 Å². The molecule has 0 saturated heterocycles. The van der Waals surface area contributed by atoms with Gasteiger partial charge in [0.05, 0.1) is 10.6 Å². The molecule has 0 radical (unpaired) electrons. The molecule has 3 heterocycles. The Balaban J connectivity index is 1.50. The van der Waals surface area contributed by atoms with Crippen molar-refractivity contribution < 1.29 is 4.79 Å². The number of nitrogens with one attached hydrogen (secondary N) is 1. The molecule has 7 heteroatoms. The van der Waals surface area contributed by atoms with E-state index in [2.05, 4.69) is 22.2 Å². The first-order valence-corrected chi connectivity index (χ1v) is 10.1. The lowest BCUT2D eigenvalue weighted by molar-refractivity contribution is 0.102. The SMILES string of the molecule is CC1CCc2nc(NC(=O)c3csc(-c4cccs4)n3)sc2C1. The Kier molecular flexibility index (Phi) is 4.00. The van der Waals surface area contributed by atoms with Crippen molar-refractivity contribution in [3.05, 3.63) is 39.2 Å². The molecule has 1 aliphatic rings. The summed E-state index contributed by atoms with van der Waals surface area (Å²) in [5, 5.41) is 8.30. The molecule has 3 aromatic rings.